The van der Waals surface area contributed by atoms with Crippen LogP contribution in [0.15, 0.2) is 16.6 Å². The summed E-state index contributed by atoms with van der Waals surface area (Å²) in [5.74, 6) is 0.202. The van der Waals surface area contributed by atoms with Crippen molar-refractivity contribution in [2.45, 2.75) is 11.9 Å². The Morgan fingerprint density at radius 3 is 3.19 bits per heavy atom. The number of carbonyl (C=O) groups excluding carboxylic acids is 1. The second kappa shape index (κ2) is 5.08. The van der Waals surface area contributed by atoms with E-state index in [2.05, 4.69) is 25.7 Å². The van der Waals surface area contributed by atoms with Gasteiger partial charge in [-0.3, -0.25) is 4.79 Å². The van der Waals surface area contributed by atoms with E-state index < -0.39 is 0 Å². The Bertz CT molecular complexity index is 466. The van der Waals surface area contributed by atoms with Crippen LogP contribution in [0.4, 0.5) is 5.13 Å². The van der Waals surface area contributed by atoms with E-state index in [0.717, 1.165) is 5.69 Å². The molecule has 0 aliphatic heterocycles. The Hall–Kier alpha value is -1.41. The van der Waals surface area contributed by atoms with E-state index >= 15 is 0 Å². The Balaban J connectivity index is 1.81. The van der Waals surface area contributed by atoms with Crippen LogP contribution in [0.1, 0.15) is 5.69 Å². The van der Waals surface area contributed by atoms with E-state index in [1.807, 2.05) is 12.3 Å². The summed E-state index contributed by atoms with van der Waals surface area (Å²) >= 11 is 2.74. The Labute approximate surface area is 99.9 Å². The molecule has 1 amide bonds. The molecule has 2 N–H and O–H groups in total. The van der Waals surface area contributed by atoms with Crippen LogP contribution in [0.5, 0.6) is 0 Å². The maximum atomic E-state index is 11.5. The van der Waals surface area contributed by atoms with Gasteiger partial charge in [0.05, 0.1) is 17.6 Å². The number of anilines is 1. The molecular formula is C8H9N5OS2. The zero-order valence-corrected chi connectivity index (χ0v) is 10.1. The maximum absolute atomic E-state index is 11.5. The Morgan fingerprint density at radius 2 is 2.56 bits per heavy atom. The lowest BCUT2D eigenvalue weighted by molar-refractivity contribution is -0.113. The molecule has 0 aliphatic rings. The molecular weight excluding hydrogens is 246 g/mol. The molecule has 2 aromatic rings. The highest BCUT2D eigenvalue weighted by Crippen LogP contribution is 2.16. The van der Waals surface area contributed by atoms with Crippen molar-refractivity contribution in [1.82, 2.24) is 20.4 Å². The molecule has 0 spiro atoms. The summed E-state index contributed by atoms with van der Waals surface area (Å²) in [5.41, 5.74) is 0.907. The van der Waals surface area contributed by atoms with Crippen molar-refractivity contribution in [3.63, 3.8) is 0 Å². The molecule has 0 atom stereocenters. The summed E-state index contributed by atoms with van der Waals surface area (Å²) in [5, 5.41) is 15.9. The van der Waals surface area contributed by atoms with Crippen LogP contribution in [0.3, 0.4) is 0 Å². The topological polar surface area (TPSA) is 83.6 Å². The zero-order chi connectivity index (χ0) is 11.4. The van der Waals surface area contributed by atoms with Crippen molar-refractivity contribution in [3.05, 3.63) is 17.3 Å². The van der Waals surface area contributed by atoms with E-state index in [1.165, 1.54) is 23.1 Å². The molecule has 0 saturated carbocycles. The molecule has 16 heavy (non-hydrogen) atoms. The molecule has 0 bridgehead atoms. The highest BCUT2D eigenvalue weighted by atomic mass is 32.2. The largest absolute Gasteiger partial charge is 0.301 e. The van der Waals surface area contributed by atoms with Gasteiger partial charge in [0.1, 0.15) is 5.03 Å². The number of aromatic amines is 1. The predicted molar refractivity (Wildman–Crippen MR) is 62.6 cm³/mol. The summed E-state index contributed by atoms with van der Waals surface area (Å²) in [6.07, 6.45) is 1.57. The number of hydrogen-bond donors (Lipinski definition) is 2. The van der Waals surface area contributed by atoms with E-state index in [1.54, 1.807) is 6.20 Å². The average molecular weight is 255 g/mol. The van der Waals surface area contributed by atoms with E-state index in [-0.39, 0.29) is 5.91 Å². The molecule has 6 nitrogen and oxygen atoms in total. The Morgan fingerprint density at radius 1 is 1.69 bits per heavy atom. The van der Waals surface area contributed by atoms with Gasteiger partial charge < -0.3 is 5.32 Å². The van der Waals surface area contributed by atoms with E-state index in [9.17, 15) is 4.79 Å². The first-order valence-electron chi connectivity index (χ1n) is 4.44. The second-order valence-electron chi connectivity index (χ2n) is 2.94. The molecule has 2 aromatic heterocycles. The van der Waals surface area contributed by atoms with Crippen LogP contribution in [0.2, 0.25) is 0 Å². The number of aromatic nitrogens is 4. The Kier molecular flexibility index (Phi) is 3.52. The lowest BCUT2D eigenvalue weighted by atomic mass is 10.6. The van der Waals surface area contributed by atoms with Gasteiger partial charge in [0, 0.05) is 5.38 Å². The van der Waals surface area contributed by atoms with Crippen LogP contribution >= 0.6 is 23.1 Å². The number of aryl methyl sites for hydroxylation is 1. The second-order valence-corrected chi connectivity index (χ2v) is 4.79. The van der Waals surface area contributed by atoms with Gasteiger partial charge in [0.15, 0.2) is 5.13 Å². The SMILES string of the molecule is Cc1csc(NC(=O)CSc2cn[nH]n2)n1. The number of nitrogens with one attached hydrogen (secondary N) is 2. The van der Waals surface area contributed by atoms with Crippen molar-refractivity contribution in [1.29, 1.82) is 0 Å². The fraction of sp³-hybridized carbons (Fsp3) is 0.250. The van der Waals surface area contributed by atoms with Gasteiger partial charge in [-0.25, -0.2) is 4.98 Å². The summed E-state index contributed by atoms with van der Waals surface area (Å²) in [6.45, 7) is 1.89. The van der Waals surface area contributed by atoms with Crippen molar-refractivity contribution in [2.75, 3.05) is 11.1 Å². The molecule has 84 valence electrons. The molecule has 2 heterocycles. The summed E-state index contributed by atoms with van der Waals surface area (Å²) < 4.78 is 0. The highest BCUT2D eigenvalue weighted by molar-refractivity contribution is 7.99. The van der Waals surface area contributed by atoms with E-state index in [0.29, 0.717) is 15.9 Å². The number of H-pyrrole nitrogens is 1. The summed E-state index contributed by atoms with van der Waals surface area (Å²) in [4.78, 5) is 15.6. The average Bonchev–Trinajstić information content (AvgIpc) is 2.87. The fourth-order valence-electron chi connectivity index (χ4n) is 0.967. The monoisotopic (exact) mass is 255 g/mol. The minimum absolute atomic E-state index is 0.0950. The molecule has 0 radical (unpaired) electrons. The van der Waals surface area contributed by atoms with Gasteiger partial charge in [0.25, 0.3) is 0 Å². The maximum Gasteiger partial charge on any atom is 0.236 e. The van der Waals surface area contributed by atoms with Gasteiger partial charge >= 0.3 is 0 Å². The molecule has 0 fully saturated rings. The van der Waals surface area contributed by atoms with Gasteiger partial charge in [-0.05, 0) is 6.92 Å². The number of thiazole rings is 1. The molecule has 0 saturated heterocycles. The van der Waals surface area contributed by atoms with Crippen LogP contribution in [0.25, 0.3) is 0 Å². The summed E-state index contributed by atoms with van der Waals surface area (Å²) in [7, 11) is 0. The predicted octanol–water partition coefficient (Wildman–Crippen LogP) is 1.30. The highest BCUT2D eigenvalue weighted by Gasteiger charge is 2.07. The number of hydrogen-bond acceptors (Lipinski definition) is 6. The van der Waals surface area contributed by atoms with E-state index in [4.69, 9.17) is 0 Å². The number of nitrogens with zero attached hydrogens (tertiary/aromatic N) is 3. The third-order valence-electron chi connectivity index (χ3n) is 1.61. The van der Waals surface area contributed by atoms with Crippen molar-refractivity contribution < 1.29 is 4.79 Å². The van der Waals surface area contributed by atoms with Crippen LogP contribution < -0.4 is 5.32 Å². The number of rotatable bonds is 4. The minimum Gasteiger partial charge on any atom is -0.301 e. The molecule has 8 heteroatoms. The number of thioether (sulfide) groups is 1. The standard InChI is InChI=1S/C8H9N5OS2/c1-5-3-16-8(10-5)11-6(14)4-15-7-2-9-13-12-7/h2-3H,4H2,1H3,(H,9,12,13)(H,10,11,14). The normalized spacial score (nSPS) is 10.3. The third kappa shape index (κ3) is 3.04. The minimum atomic E-state index is -0.0950. The first kappa shape index (κ1) is 11.1. The molecule has 0 aromatic carbocycles. The quantitative estimate of drug-likeness (QED) is 0.804. The van der Waals surface area contributed by atoms with Crippen LogP contribution in [0, 0.1) is 6.92 Å². The van der Waals surface area contributed by atoms with Crippen LogP contribution in [-0.4, -0.2) is 32.1 Å². The van der Waals surface area contributed by atoms with Gasteiger partial charge in [-0.1, -0.05) is 11.8 Å². The smallest absolute Gasteiger partial charge is 0.236 e. The van der Waals surface area contributed by atoms with Gasteiger partial charge in [-0.2, -0.15) is 10.3 Å². The number of carbonyl (C=O) groups is 1. The number of amides is 1. The lowest BCUT2D eigenvalue weighted by Gasteiger charge is -1.98. The molecule has 2 rings (SSSR count). The molecule has 0 aliphatic carbocycles. The van der Waals surface area contributed by atoms with Crippen LogP contribution in [-0.2, 0) is 4.79 Å². The van der Waals surface area contributed by atoms with Gasteiger partial charge in [-0.15, -0.1) is 16.4 Å². The van der Waals surface area contributed by atoms with Crippen molar-refractivity contribution >= 4 is 34.1 Å². The zero-order valence-electron chi connectivity index (χ0n) is 8.43. The first-order chi connectivity index (χ1) is 7.74. The fourth-order valence-corrected chi connectivity index (χ4v) is 2.25. The van der Waals surface area contributed by atoms with Crippen molar-refractivity contribution in [2.24, 2.45) is 0 Å². The van der Waals surface area contributed by atoms with Crippen molar-refractivity contribution in [3.8, 4) is 0 Å². The molecule has 0 unspecified atom stereocenters. The first-order valence-corrected chi connectivity index (χ1v) is 6.31. The lowest BCUT2D eigenvalue weighted by Crippen LogP contribution is -2.13. The summed E-state index contributed by atoms with van der Waals surface area (Å²) in [6, 6.07) is 0. The third-order valence-corrected chi connectivity index (χ3v) is 3.38. The van der Waals surface area contributed by atoms with Gasteiger partial charge in [0.2, 0.25) is 5.91 Å².